The third-order valence-corrected chi connectivity index (χ3v) is 3.57. The van der Waals surface area contributed by atoms with Crippen LogP contribution < -0.4 is 0 Å². The van der Waals surface area contributed by atoms with Gasteiger partial charge in [-0.1, -0.05) is 56.7 Å². The summed E-state index contributed by atoms with van der Waals surface area (Å²) in [6.45, 7) is 8.97. The summed E-state index contributed by atoms with van der Waals surface area (Å²) >= 11 is 0. The van der Waals surface area contributed by atoms with Crippen molar-refractivity contribution >= 4 is 5.71 Å². The molecule has 17 heavy (non-hydrogen) atoms. The molecule has 0 fully saturated rings. The quantitative estimate of drug-likeness (QED) is 0.700. The first-order valence-electron chi connectivity index (χ1n) is 6.38. The molecule has 1 aromatic carbocycles. The van der Waals surface area contributed by atoms with E-state index in [1.165, 1.54) is 22.5 Å². The van der Waals surface area contributed by atoms with E-state index in [2.05, 4.69) is 58.0 Å². The van der Waals surface area contributed by atoms with Crippen molar-refractivity contribution in [1.82, 2.24) is 0 Å². The lowest BCUT2D eigenvalue weighted by Gasteiger charge is -2.20. The minimum absolute atomic E-state index is 0.160. The van der Waals surface area contributed by atoms with Gasteiger partial charge >= 0.3 is 0 Å². The molecule has 2 rings (SSSR count). The Kier molecular flexibility index (Phi) is 3.19. The van der Waals surface area contributed by atoms with E-state index >= 15 is 0 Å². The molecule has 0 spiro atoms. The van der Waals surface area contributed by atoms with Crippen LogP contribution in [-0.4, -0.2) is 5.71 Å². The molecule has 1 aliphatic rings. The van der Waals surface area contributed by atoms with Crippen LogP contribution in [0.5, 0.6) is 0 Å². The lowest BCUT2D eigenvalue weighted by molar-refractivity contribution is 0.540. The molecule has 1 aromatic rings. The van der Waals surface area contributed by atoms with Gasteiger partial charge in [0, 0.05) is 17.5 Å². The van der Waals surface area contributed by atoms with E-state index in [1.54, 1.807) is 0 Å². The maximum Gasteiger partial charge on any atom is 0.0539 e. The number of benzene rings is 1. The fourth-order valence-electron chi connectivity index (χ4n) is 2.33. The largest absolute Gasteiger partial charge is 0.257 e. The summed E-state index contributed by atoms with van der Waals surface area (Å²) in [4.78, 5) is 4.88. The second kappa shape index (κ2) is 4.48. The van der Waals surface area contributed by atoms with E-state index in [9.17, 15) is 0 Å². The number of aliphatic imine (C=N–C) groups is 1. The SMILES string of the molecule is CC/C(C)=C1/CC(C)(C)C(c2ccccc2)=N1. The molecule has 0 saturated carbocycles. The molecule has 1 aliphatic heterocycles. The first-order chi connectivity index (χ1) is 8.04. The van der Waals surface area contributed by atoms with Gasteiger partial charge in [-0.3, -0.25) is 4.99 Å². The molecular weight excluding hydrogens is 206 g/mol. The van der Waals surface area contributed by atoms with Crippen LogP contribution in [0.4, 0.5) is 0 Å². The van der Waals surface area contributed by atoms with Crippen molar-refractivity contribution in [3.05, 3.63) is 47.2 Å². The van der Waals surface area contributed by atoms with E-state index in [-0.39, 0.29) is 5.41 Å². The van der Waals surface area contributed by atoms with Gasteiger partial charge in [0.1, 0.15) is 0 Å². The maximum absolute atomic E-state index is 4.88. The summed E-state index contributed by atoms with van der Waals surface area (Å²) in [6, 6.07) is 10.5. The Morgan fingerprint density at radius 2 is 1.88 bits per heavy atom. The van der Waals surface area contributed by atoms with Gasteiger partial charge in [-0.15, -0.1) is 0 Å². The summed E-state index contributed by atoms with van der Waals surface area (Å²) in [7, 11) is 0. The summed E-state index contributed by atoms with van der Waals surface area (Å²) < 4.78 is 0. The van der Waals surface area contributed by atoms with Crippen LogP contribution in [0.25, 0.3) is 0 Å². The number of allylic oxidation sites excluding steroid dienone is 2. The van der Waals surface area contributed by atoms with Crippen molar-refractivity contribution < 1.29 is 0 Å². The van der Waals surface area contributed by atoms with Crippen LogP contribution in [0.1, 0.15) is 46.1 Å². The van der Waals surface area contributed by atoms with E-state index < -0.39 is 0 Å². The molecule has 90 valence electrons. The van der Waals surface area contributed by atoms with Crippen molar-refractivity contribution in [3.63, 3.8) is 0 Å². The van der Waals surface area contributed by atoms with E-state index in [0.717, 1.165) is 12.8 Å². The van der Waals surface area contributed by atoms with Crippen LogP contribution in [0.2, 0.25) is 0 Å². The molecule has 0 N–H and O–H groups in total. The number of nitrogens with zero attached hydrogens (tertiary/aromatic N) is 1. The van der Waals surface area contributed by atoms with E-state index in [1.807, 2.05) is 0 Å². The third-order valence-electron chi connectivity index (χ3n) is 3.57. The predicted octanol–water partition coefficient (Wildman–Crippen LogP) is 4.59. The van der Waals surface area contributed by atoms with Crippen molar-refractivity contribution in [3.8, 4) is 0 Å². The molecule has 0 aliphatic carbocycles. The minimum atomic E-state index is 0.160. The lowest BCUT2D eigenvalue weighted by Crippen LogP contribution is -2.20. The second-order valence-corrected chi connectivity index (χ2v) is 5.47. The Hall–Kier alpha value is -1.37. The highest BCUT2D eigenvalue weighted by atomic mass is 14.8. The number of hydrogen-bond acceptors (Lipinski definition) is 1. The molecule has 0 saturated heterocycles. The summed E-state index contributed by atoms with van der Waals surface area (Å²) in [5, 5.41) is 0. The van der Waals surface area contributed by atoms with Gasteiger partial charge in [-0.25, -0.2) is 0 Å². The summed E-state index contributed by atoms with van der Waals surface area (Å²) in [6.07, 6.45) is 2.16. The molecule has 0 radical (unpaired) electrons. The molecule has 1 heterocycles. The highest BCUT2D eigenvalue weighted by Gasteiger charge is 2.33. The Morgan fingerprint density at radius 3 is 2.47 bits per heavy atom. The lowest BCUT2D eigenvalue weighted by atomic mass is 9.82. The van der Waals surface area contributed by atoms with Gasteiger partial charge in [-0.2, -0.15) is 0 Å². The van der Waals surface area contributed by atoms with Crippen molar-refractivity contribution in [2.75, 3.05) is 0 Å². The van der Waals surface area contributed by atoms with E-state index in [0.29, 0.717) is 0 Å². The average Bonchev–Trinajstić information content (AvgIpc) is 2.65. The van der Waals surface area contributed by atoms with Crippen molar-refractivity contribution in [2.24, 2.45) is 10.4 Å². The van der Waals surface area contributed by atoms with Crippen molar-refractivity contribution in [2.45, 2.75) is 40.5 Å². The maximum atomic E-state index is 4.88. The van der Waals surface area contributed by atoms with Crippen molar-refractivity contribution in [1.29, 1.82) is 0 Å². The van der Waals surface area contributed by atoms with Gasteiger partial charge in [0.2, 0.25) is 0 Å². The van der Waals surface area contributed by atoms with Gasteiger partial charge in [-0.05, 0) is 18.9 Å². The Balaban J connectivity index is 2.46. The van der Waals surface area contributed by atoms with Crippen LogP contribution in [0.15, 0.2) is 46.6 Å². The number of hydrogen-bond donors (Lipinski definition) is 0. The Labute approximate surface area is 104 Å². The molecule has 0 unspecified atom stereocenters. The predicted molar refractivity (Wildman–Crippen MR) is 74.4 cm³/mol. The van der Waals surface area contributed by atoms with Crippen LogP contribution in [0, 0.1) is 5.41 Å². The molecule has 0 amide bonds. The average molecular weight is 227 g/mol. The van der Waals surface area contributed by atoms with Gasteiger partial charge in [0.15, 0.2) is 0 Å². The molecule has 0 bridgehead atoms. The monoisotopic (exact) mass is 227 g/mol. The van der Waals surface area contributed by atoms with Crippen LogP contribution in [-0.2, 0) is 0 Å². The Morgan fingerprint density at radius 1 is 1.24 bits per heavy atom. The molecule has 0 aromatic heterocycles. The zero-order valence-corrected chi connectivity index (χ0v) is 11.2. The fraction of sp³-hybridized carbons (Fsp3) is 0.438. The van der Waals surface area contributed by atoms with Gasteiger partial charge in [0.05, 0.1) is 5.71 Å². The highest BCUT2D eigenvalue weighted by molar-refractivity contribution is 6.06. The highest BCUT2D eigenvalue weighted by Crippen LogP contribution is 2.39. The third kappa shape index (κ3) is 2.33. The van der Waals surface area contributed by atoms with Gasteiger partial charge in [0.25, 0.3) is 0 Å². The minimum Gasteiger partial charge on any atom is -0.257 e. The molecule has 1 heteroatoms. The van der Waals surface area contributed by atoms with Gasteiger partial charge < -0.3 is 0 Å². The molecular formula is C16H21N. The fourth-order valence-corrected chi connectivity index (χ4v) is 2.33. The second-order valence-electron chi connectivity index (χ2n) is 5.47. The standard InChI is InChI=1S/C16H21N/c1-5-12(2)14-11-16(3,4)15(17-14)13-9-7-6-8-10-13/h6-10H,5,11H2,1-4H3/b14-12-. The summed E-state index contributed by atoms with van der Waals surface area (Å²) in [5.41, 5.74) is 5.37. The smallest absolute Gasteiger partial charge is 0.0539 e. The topological polar surface area (TPSA) is 12.4 Å². The first-order valence-corrected chi connectivity index (χ1v) is 6.38. The zero-order chi connectivity index (χ0) is 12.5. The molecule has 1 nitrogen and oxygen atoms in total. The first kappa shape index (κ1) is 12.1. The number of rotatable bonds is 2. The summed E-state index contributed by atoms with van der Waals surface area (Å²) in [5.74, 6) is 0. The normalized spacial score (nSPS) is 21.3. The van der Waals surface area contributed by atoms with Crippen LogP contribution >= 0.6 is 0 Å². The Bertz CT molecular complexity index is 464. The molecule has 0 atom stereocenters. The zero-order valence-electron chi connectivity index (χ0n) is 11.2. The van der Waals surface area contributed by atoms with E-state index in [4.69, 9.17) is 4.99 Å². The van der Waals surface area contributed by atoms with Crippen LogP contribution in [0.3, 0.4) is 0 Å².